The van der Waals surface area contributed by atoms with Gasteiger partial charge in [0.15, 0.2) is 0 Å². The quantitative estimate of drug-likeness (QED) is 0.774. The zero-order valence-electron chi connectivity index (χ0n) is 11.3. The minimum atomic E-state index is -0.339. The second kappa shape index (κ2) is 5.89. The lowest BCUT2D eigenvalue weighted by Crippen LogP contribution is -2.51. The van der Waals surface area contributed by atoms with Crippen LogP contribution in [0.5, 0.6) is 0 Å². The highest BCUT2D eigenvalue weighted by atomic mass is 16.5. The Morgan fingerprint density at radius 3 is 2.89 bits per heavy atom. The Kier molecular flexibility index (Phi) is 4.45. The van der Waals surface area contributed by atoms with Crippen LogP contribution >= 0.6 is 0 Å². The molecule has 0 aromatic rings. The van der Waals surface area contributed by atoms with Crippen LogP contribution in [0.1, 0.15) is 33.1 Å². The molecule has 2 N–H and O–H groups in total. The molecule has 5 heteroatoms. The van der Waals surface area contributed by atoms with Crippen molar-refractivity contribution in [3.05, 3.63) is 0 Å². The van der Waals surface area contributed by atoms with Gasteiger partial charge in [-0.1, -0.05) is 0 Å². The van der Waals surface area contributed by atoms with Crippen LogP contribution in [0.4, 0.5) is 4.79 Å². The van der Waals surface area contributed by atoms with Crippen molar-refractivity contribution in [2.24, 2.45) is 5.92 Å². The molecular formula is C13H24N2O3. The molecule has 18 heavy (non-hydrogen) atoms. The molecule has 0 spiro atoms. The van der Waals surface area contributed by atoms with Crippen molar-refractivity contribution in [3.63, 3.8) is 0 Å². The first-order valence-corrected chi connectivity index (χ1v) is 6.93. The summed E-state index contributed by atoms with van der Waals surface area (Å²) >= 11 is 0. The van der Waals surface area contributed by atoms with Crippen LogP contribution in [0.15, 0.2) is 0 Å². The average molecular weight is 256 g/mol. The minimum Gasteiger partial charge on any atom is -0.393 e. The van der Waals surface area contributed by atoms with E-state index in [9.17, 15) is 9.90 Å². The molecule has 0 saturated carbocycles. The number of aliphatic hydroxyl groups is 1. The van der Waals surface area contributed by atoms with E-state index in [-0.39, 0.29) is 30.2 Å². The highest BCUT2D eigenvalue weighted by Crippen LogP contribution is 2.20. The maximum atomic E-state index is 12.1. The number of ether oxygens (including phenoxy) is 1. The monoisotopic (exact) mass is 256 g/mol. The molecule has 2 aliphatic rings. The summed E-state index contributed by atoms with van der Waals surface area (Å²) in [5, 5.41) is 12.7. The molecule has 2 aliphatic heterocycles. The standard InChI is InChI=1S/C13H24N2O3/c1-9(16)11-4-3-6-15(8-11)13(17)14-12-5-7-18-10(12)2/h9-12,16H,3-8H2,1-2H3,(H,14,17). The van der Waals surface area contributed by atoms with Crippen LogP contribution in [-0.2, 0) is 4.74 Å². The number of nitrogens with zero attached hydrogens (tertiary/aromatic N) is 1. The van der Waals surface area contributed by atoms with Crippen LogP contribution in [0.3, 0.4) is 0 Å². The number of likely N-dealkylation sites (tertiary alicyclic amines) is 1. The van der Waals surface area contributed by atoms with Crippen LogP contribution in [0.2, 0.25) is 0 Å². The first kappa shape index (κ1) is 13.6. The Balaban J connectivity index is 1.84. The van der Waals surface area contributed by atoms with Crippen LogP contribution in [0, 0.1) is 5.92 Å². The van der Waals surface area contributed by atoms with Crippen LogP contribution in [0.25, 0.3) is 0 Å². The average Bonchev–Trinajstić information content (AvgIpc) is 2.75. The van der Waals surface area contributed by atoms with Gasteiger partial charge in [-0.3, -0.25) is 0 Å². The molecule has 2 amide bonds. The van der Waals surface area contributed by atoms with Gasteiger partial charge in [0.05, 0.1) is 18.2 Å². The normalized spacial score (nSPS) is 34.4. The van der Waals surface area contributed by atoms with E-state index in [1.807, 2.05) is 11.8 Å². The van der Waals surface area contributed by atoms with Crippen molar-refractivity contribution in [3.8, 4) is 0 Å². The Morgan fingerprint density at radius 1 is 1.50 bits per heavy atom. The molecule has 5 nitrogen and oxygen atoms in total. The summed E-state index contributed by atoms with van der Waals surface area (Å²) in [7, 11) is 0. The van der Waals surface area contributed by atoms with Gasteiger partial charge >= 0.3 is 6.03 Å². The van der Waals surface area contributed by atoms with E-state index in [0.717, 1.165) is 32.4 Å². The van der Waals surface area contributed by atoms with Gasteiger partial charge in [0.1, 0.15) is 0 Å². The molecule has 2 rings (SSSR count). The van der Waals surface area contributed by atoms with Crippen molar-refractivity contribution in [2.45, 2.75) is 51.4 Å². The number of carbonyl (C=O) groups is 1. The maximum absolute atomic E-state index is 12.1. The van der Waals surface area contributed by atoms with Gasteiger partial charge < -0.3 is 20.1 Å². The fourth-order valence-electron chi connectivity index (χ4n) is 2.76. The summed E-state index contributed by atoms with van der Waals surface area (Å²) in [5.74, 6) is 0.210. The summed E-state index contributed by atoms with van der Waals surface area (Å²) in [5.41, 5.74) is 0. The highest BCUT2D eigenvalue weighted by Gasteiger charge is 2.30. The molecule has 4 unspecified atom stereocenters. The number of rotatable bonds is 2. The lowest BCUT2D eigenvalue weighted by Gasteiger charge is -2.35. The molecule has 0 aliphatic carbocycles. The highest BCUT2D eigenvalue weighted by molar-refractivity contribution is 5.74. The molecule has 0 bridgehead atoms. The van der Waals surface area contributed by atoms with Gasteiger partial charge in [0.25, 0.3) is 0 Å². The molecular weight excluding hydrogens is 232 g/mol. The second-order valence-corrected chi connectivity index (χ2v) is 5.51. The molecule has 2 heterocycles. The first-order chi connectivity index (χ1) is 8.58. The molecule has 0 aromatic heterocycles. The molecule has 104 valence electrons. The topological polar surface area (TPSA) is 61.8 Å². The number of aliphatic hydroxyl groups excluding tert-OH is 1. The Labute approximate surface area is 108 Å². The summed E-state index contributed by atoms with van der Waals surface area (Å²) in [6.07, 6.45) is 2.63. The van der Waals surface area contributed by atoms with E-state index >= 15 is 0 Å². The van der Waals surface area contributed by atoms with Gasteiger partial charge in [-0.15, -0.1) is 0 Å². The summed E-state index contributed by atoms with van der Waals surface area (Å²) in [6.45, 7) is 5.97. The summed E-state index contributed by atoms with van der Waals surface area (Å²) in [6, 6.07) is 0.118. The smallest absolute Gasteiger partial charge is 0.317 e. The Morgan fingerprint density at radius 2 is 2.28 bits per heavy atom. The van der Waals surface area contributed by atoms with E-state index in [1.165, 1.54) is 0 Å². The maximum Gasteiger partial charge on any atom is 0.317 e. The number of amides is 2. The minimum absolute atomic E-state index is 0.0114. The van der Waals surface area contributed by atoms with Crippen molar-refractivity contribution < 1.29 is 14.6 Å². The van der Waals surface area contributed by atoms with Crippen LogP contribution < -0.4 is 5.32 Å². The third-order valence-corrected chi connectivity index (χ3v) is 4.11. The lowest BCUT2D eigenvalue weighted by atomic mass is 9.94. The van der Waals surface area contributed by atoms with Gasteiger partial charge in [-0.05, 0) is 33.1 Å². The van der Waals surface area contributed by atoms with Gasteiger partial charge in [0.2, 0.25) is 0 Å². The van der Waals surface area contributed by atoms with Crippen molar-refractivity contribution >= 4 is 6.03 Å². The van der Waals surface area contributed by atoms with E-state index in [2.05, 4.69) is 5.32 Å². The number of piperidine rings is 1. The molecule has 4 atom stereocenters. The fourth-order valence-corrected chi connectivity index (χ4v) is 2.76. The molecule has 2 fully saturated rings. The number of hydrogen-bond donors (Lipinski definition) is 2. The fraction of sp³-hybridized carbons (Fsp3) is 0.923. The zero-order chi connectivity index (χ0) is 13.1. The van der Waals surface area contributed by atoms with E-state index in [1.54, 1.807) is 6.92 Å². The summed E-state index contributed by atoms with van der Waals surface area (Å²) in [4.78, 5) is 14.0. The second-order valence-electron chi connectivity index (χ2n) is 5.51. The predicted molar refractivity (Wildman–Crippen MR) is 68.3 cm³/mol. The van der Waals surface area contributed by atoms with Crippen molar-refractivity contribution in [2.75, 3.05) is 19.7 Å². The SMILES string of the molecule is CC(O)C1CCCN(C(=O)NC2CCOC2C)C1. The van der Waals surface area contributed by atoms with Crippen molar-refractivity contribution in [1.29, 1.82) is 0 Å². The van der Waals surface area contributed by atoms with Gasteiger partial charge in [0, 0.05) is 25.6 Å². The summed E-state index contributed by atoms with van der Waals surface area (Å²) < 4.78 is 5.44. The van der Waals surface area contributed by atoms with E-state index < -0.39 is 0 Å². The zero-order valence-corrected chi connectivity index (χ0v) is 11.3. The van der Waals surface area contributed by atoms with Crippen LogP contribution in [-0.4, -0.2) is 54.0 Å². The third kappa shape index (κ3) is 3.14. The number of carbonyl (C=O) groups excluding carboxylic acids is 1. The lowest BCUT2D eigenvalue weighted by molar-refractivity contribution is 0.0713. The molecule has 0 radical (unpaired) electrons. The predicted octanol–water partition coefficient (Wildman–Crippen LogP) is 0.966. The van der Waals surface area contributed by atoms with Gasteiger partial charge in [-0.25, -0.2) is 4.79 Å². The number of nitrogens with one attached hydrogen (secondary N) is 1. The first-order valence-electron chi connectivity index (χ1n) is 6.93. The number of urea groups is 1. The van der Waals surface area contributed by atoms with E-state index in [0.29, 0.717) is 6.54 Å². The van der Waals surface area contributed by atoms with Gasteiger partial charge in [-0.2, -0.15) is 0 Å². The van der Waals surface area contributed by atoms with Crippen molar-refractivity contribution in [1.82, 2.24) is 10.2 Å². The molecule has 0 aromatic carbocycles. The Hall–Kier alpha value is -0.810. The number of hydrogen-bond acceptors (Lipinski definition) is 3. The Bertz CT molecular complexity index is 296. The molecule has 2 saturated heterocycles. The largest absolute Gasteiger partial charge is 0.393 e. The van der Waals surface area contributed by atoms with E-state index in [4.69, 9.17) is 4.74 Å². The third-order valence-electron chi connectivity index (χ3n) is 4.11.